The van der Waals surface area contributed by atoms with Crippen molar-refractivity contribution in [2.75, 3.05) is 5.32 Å². The molecule has 1 amide bonds. The third-order valence-electron chi connectivity index (χ3n) is 3.12. The van der Waals surface area contributed by atoms with E-state index >= 15 is 0 Å². The van der Waals surface area contributed by atoms with Gasteiger partial charge in [0.15, 0.2) is 5.65 Å². The van der Waals surface area contributed by atoms with Gasteiger partial charge in [0, 0.05) is 12.6 Å². The van der Waals surface area contributed by atoms with E-state index in [1.54, 1.807) is 4.40 Å². The first-order chi connectivity index (χ1) is 8.83. The Morgan fingerprint density at radius 1 is 1.44 bits per heavy atom. The summed E-state index contributed by atoms with van der Waals surface area (Å²) in [6.07, 6.45) is 8.73. The number of hydrogen-bond donors (Lipinski definition) is 1. The first-order valence-electron chi connectivity index (χ1n) is 6.09. The predicted octanol–water partition coefficient (Wildman–Crippen LogP) is 2.02. The molecule has 1 atom stereocenters. The third kappa shape index (κ3) is 2.11. The van der Waals surface area contributed by atoms with Crippen LogP contribution in [0.25, 0.3) is 5.65 Å². The molecular formula is C13H14N4O. The van der Waals surface area contributed by atoms with E-state index < -0.39 is 0 Å². The molecule has 0 spiro atoms. The number of nitrogens with one attached hydrogen (secondary N) is 1. The fourth-order valence-electron chi connectivity index (χ4n) is 2.21. The monoisotopic (exact) mass is 242 g/mol. The number of carbonyl (C=O) groups excluding carboxylic acids is 1. The highest BCUT2D eigenvalue weighted by Crippen LogP contribution is 2.20. The van der Waals surface area contributed by atoms with Crippen LogP contribution in [0.5, 0.6) is 0 Å². The van der Waals surface area contributed by atoms with Gasteiger partial charge in [-0.15, -0.1) is 10.2 Å². The minimum absolute atomic E-state index is 0.00953. The maximum atomic E-state index is 11.9. The van der Waals surface area contributed by atoms with Gasteiger partial charge in [0.1, 0.15) is 0 Å². The summed E-state index contributed by atoms with van der Waals surface area (Å²) in [4.78, 5) is 11.9. The van der Waals surface area contributed by atoms with Crippen molar-refractivity contribution in [3.05, 3.63) is 36.5 Å². The fraction of sp³-hybridized carbons (Fsp3) is 0.308. The van der Waals surface area contributed by atoms with Crippen LogP contribution in [0.4, 0.5) is 5.95 Å². The molecule has 0 bridgehead atoms. The molecule has 2 heterocycles. The van der Waals surface area contributed by atoms with Crippen LogP contribution in [0.3, 0.4) is 0 Å². The molecule has 5 heteroatoms. The van der Waals surface area contributed by atoms with Crippen molar-refractivity contribution in [1.82, 2.24) is 14.6 Å². The van der Waals surface area contributed by atoms with Crippen molar-refractivity contribution in [2.45, 2.75) is 19.3 Å². The minimum atomic E-state index is -0.00953. The second-order valence-electron chi connectivity index (χ2n) is 4.47. The molecule has 1 aliphatic rings. The number of aromatic nitrogens is 3. The number of nitrogens with zero attached hydrogens (tertiary/aromatic N) is 3. The summed E-state index contributed by atoms with van der Waals surface area (Å²) in [6.45, 7) is 0. The SMILES string of the molecule is O=C(C[C@@H]1C=CCC1)Nc1nnc2ccccn12. The molecule has 0 saturated heterocycles. The maximum absolute atomic E-state index is 11.9. The van der Waals surface area contributed by atoms with Gasteiger partial charge in [0.2, 0.25) is 11.9 Å². The minimum Gasteiger partial charge on any atom is -0.294 e. The average Bonchev–Trinajstić information content (AvgIpc) is 3.00. The summed E-state index contributed by atoms with van der Waals surface area (Å²) in [6, 6.07) is 5.62. The van der Waals surface area contributed by atoms with E-state index in [9.17, 15) is 4.79 Å². The van der Waals surface area contributed by atoms with Crippen molar-refractivity contribution in [3.8, 4) is 0 Å². The lowest BCUT2D eigenvalue weighted by Gasteiger charge is -2.07. The predicted molar refractivity (Wildman–Crippen MR) is 68.1 cm³/mol. The lowest BCUT2D eigenvalue weighted by atomic mass is 10.1. The molecule has 5 nitrogen and oxygen atoms in total. The van der Waals surface area contributed by atoms with E-state index in [0.29, 0.717) is 18.3 Å². The second-order valence-corrected chi connectivity index (χ2v) is 4.47. The molecular weight excluding hydrogens is 228 g/mol. The topological polar surface area (TPSA) is 59.3 Å². The highest BCUT2D eigenvalue weighted by molar-refractivity contribution is 5.89. The molecule has 0 aliphatic heterocycles. The van der Waals surface area contributed by atoms with Crippen LogP contribution in [-0.2, 0) is 4.79 Å². The van der Waals surface area contributed by atoms with Crippen LogP contribution in [0.2, 0.25) is 0 Å². The third-order valence-corrected chi connectivity index (χ3v) is 3.12. The van der Waals surface area contributed by atoms with Crippen LogP contribution < -0.4 is 5.32 Å². The summed E-state index contributed by atoms with van der Waals surface area (Å²) < 4.78 is 1.77. The first-order valence-corrected chi connectivity index (χ1v) is 6.09. The summed E-state index contributed by atoms with van der Waals surface area (Å²) in [5.41, 5.74) is 0.730. The Morgan fingerprint density at radius 2 is 2.39 bits per heavy atom. The van der Waals surface area contributed by atoms with Crippen molar-refractivity contribution < 1.29 is 4.79 Å². The summed E-state index contributed by atoms with van der Waals surface area (Å²) in [7, 11) is 0. The molecule has 0 unspecified atom stereocenters. The molecule has 1 N–H and O–H groups in total. The van der Waals surface area contributed by atoms with Crippen molar-refractivity contribution in [2.24, 2.45) is 5.92 Å². The number of allylic oxidation sites excluding steroid dienone is 2. The van der Waals surface area contributed by atoms with Crippen LogP contribution in [0.1, 0.15) is 19.3 Å². The quantitative estimate of drug-likeness (QED) is 0.838. The zero-order valence-electron chi connectivity index (χ0n) is 9.91. The summed E-state index contributed by atoms with van der Waals surface area (Å²) in [5.74, 6) is 0.839. The Morgan fingerprint density at radius 3 is 3.22 bits per heavy atom. The number of rotatable bonds is 3. The fourth-order valence-corrected chi connectivity index (χ4v) is 2.21. The second kappa shape index (κ2) is 4.60. The van der Waals surface area contributed by atoms with E-state index in [0.717, 1.165) is 18.5 Å². The number of pyridine rings is 1. The molecule has 0 fully saturated rings. The number of amides is 1. The van der Waals surface area contributed by atoms with Gasteiger partial charge >= 0.3 is 0 Å². The number of carbonyl (C=O) groups is 1. The van der Waals surface area contributed by atoms with Gasteiger partial charge in [0.05, 0.1) is 0 Å². The molecule has 2 aromatic heterocycles. The summed E-state index contributed by atoms with van der Waals surface area (Å²) >= 11 is 0. The van der Waals surface area contributed by atoms with Crippen LogP contribution in [-0.4, -0.2) is 20.5 Å². The van der Waals surface area contributed by atoms with Gasteiger partial charge in [-0.25, -0.2) is 0 Å². The zero-order valence-corrected chi connectivity index (χ0v) is 9.91. The Labute approximate surface area is 105 Å². The molecule has 0 radical (unpaired) electrons. The first kappa shape index (κ1) is 11.0. The Kier molecular flexibility index (Phi) is 2.80. The molecule has 1 aliphatic carbocycles. The van der Waals surface area contributed by atoms with Crippen molar-refractivity contribution in [1.29, 1.82) is 0 Å². The molecule has 0 aromatic carbocycles. The van der Waals surface area contributed by atoms with E-state index in [2.05, 4.69) is 27.7 Å². The molecule has 0 saturated carbocycles. The van der Waals surface area contributed by atoms with Crippen LogP contribution in [0, 0.1) is 5.92 Å². The number of anilines is 1. The standard InChI is InChI=1S/C13H14N4O/c18-12(9-10-5-1-2-6-10)14-13-16-15-11-7-3-4-8-17(11)13/h1,3-5,7-8,10H,2,6,9H2,(H,14,16,18)/t10-/m1/s1. The molecule has 2 aromatic rings. The van der Waals surface area contributed by atoms with Gasteiger partial charge in [-0.1, -0.05) is 18.2 Å². The molecule has 92 valence electrons. The molecule has 18 heavy (non-hydrogen) atoms. The Balaban J connectivity index is 1.72. The average molecular weight is 242 g/mol. The highest BCUT2D eigenvalue weighted by Gasteiger charge is 2.15. The largest absolute Gasteiger partial charge is 0.294 e. The smallest absolute Gasteiger partial charge is 0.235 e. The van der Waals surface area contributed by atoms with E-state index in [1.165, 1.54) is 0 Å². The Hall–Kier alpha value is -2.17. The molecule has 3 rings (SSSR count). The van der Waals surface area contributed by atoms with Gasteiger partial charge in [-0.05, 0) is 30.9 Å². The van der Waals surface area contributed by atoms with E-state index in [1.807, 2.05) is 24.4 Å². The lowest BCUT2D eigenvalue weighted by molar-refractivity contribution is -0.116. The highest BCUT2D eigenvalue weighted by atomic mass is 16.1. The number of fused-ring (bicyclic) bond motifs is 1. The lowest BCUT2D eigenvalue weighted by Crippen LogP contribution is -2.16. The van der Waals surface area contributed by atoms with E-state index in [-0.39, 0.29) is 5.91 Å². The van der Waals surface area contributed by atoms with Crippen molar-refractivity contribution >= 4 is 17.5 Å². The maximum Gasteiger partial charge on any atom is 0.235 e. The zero-order chi connectivity index (χ0) is 12.4. The number of hydrogen-bond acceptors (Lipinski definition) is 3. The van der Waals surface area contributed by atoms with E-state index in [4.69, 9.17) is 0 Å². The van der Waals surface area contributed by atoms with Gasteiger partial charge in [-0.3, -0.25) is 14.5 Å². The Bertz CT molecular complexity index is 602. The summed E-state index contributed by atoms with van der Waals surface area (Å²) in [5, 5.41) is 10.8. The van der Waals surface area contributed by atoms with Gasteiger partial charge in [0.25, 0.3) is 0 Å². The van der Waals surface area contributed by atoms with Crippen LogP contribution >= 0.6 is 0 Å². The van der Waals surface area contributed by atoms with Gasteiger partial charge < -0.3 is 0 Å². The normalized spacial score (nSPS) is 18.3. The van der Waals surface area contributed by atoms with Crippen LogP contribution in [0.15, 0.2) is 36.5 Å². The van der Waals surface area contributed by atoms with Crippen molar-refractivity contribution in [3.63, 3.8) is 0 Å². The van der Waals surface area contributed by atoms with Gasteiger partial charge in [-0.2, -0.15) is 0 Å².